The van der Waals surface area contributed by atoms with E-state index in [1.165, 1.54) is 44.6 Å². The third kappa shape index (κ3) is 4.38. The molecule has 0 saturated heterocycles. The van der Waals surface area contributed by atoms with Crippen LogP contribution in [0.1, 0.15) is 23.7 Å². The van der Waals surface area contributed by atoms with Gasteiger partial charge >= 0.3 is 0 Å². The van der Waals surface area contributed by atoms with Crippen molar-refractivity contribution >= 4 is 44.1 Å². The van der Waals surface area contributed by atoms with Crippen molar-refractivity contribution in [3.63, 3.8) is 0 Å². The van der Waals surface area contributed by atoms with E-state index in [9.17, 15) is 18.0 Å². The fraction of sp³-hybridized carbons (Fsp3) is 0.238. The number of nitrogens with one attached hydrogen (secondary N) is 2. The number of aromatic amines is 1. The Hall–Kier alpha value is -3.04. The van der Waals surface area contributed by atoms with Crippen LogP contribution in [0.2, 0.25) is 5.02 Å². The van der Waals surface area contributed by atoms with E-state index in [1.54, 1.807) is 12.1 Å². The highest BCUT2D eigenvalue weighted by Gasteiger charge is 2.25. The standard InChI is InChI=1S/C21H22ClN3O5S/c1-4-9-23-21(27)16-12-24-17-7-6-14(11-15(17)20(16)26)31(28,29)25(2)18-10-13(22)5-8-19(18)30-3/h5-8,10-12H,4,9H2,1-3H3,(H,23,27)(H,24,26). The van der Waals surface area contributed by atoms with Gasteiger partial charge in [-0.25, -0.2) is 8.42 Å². The lowest BCUT2D eigenvalue weighted by Gasteiger charge is -2.22. The number of benzene rings is 2. The summed E-state index contributed by atoms with van der Waals surface area (Å²) in [6.07, 6.45) is 2.05. The fourth-order valence-corrected chi connectivity index (χ4v) is 4.45. The summed E-state index contributed by atoms with van der Waals surface area (Å²) in [5, 5.41) is 3.08. The van der Waals surface area contributed by atoms with Gasteiger partial charge in [0.25, 0.3) is 15.9 Å². The maximum atomic E-state index is 13.3. The number of sulfonamides is 1. The zero-order valence-corrected chi connectivity index (χ0v) is 18.8. The summed E-state index contributed by atoms with van der Waals surface area (Å²) in [5.41, 5.74) is 0.0263. The normalized spacial score (nSPS) is 11.4. The van der Waals surface area contributed by atoms with Crippen LogP contribution in [0.15, 0.2) is 52.3 Å². The molecule has 2 aromatic carbocycles. The number of aromatic nitrogens is 1. The third-order valence-electron chi connectivity index (χ3n) is 4.77. The number of halogens is 1. The van der Waals surface area contributed by atoms with Crippen molar-refractivity contribution in [3.8, 4) is 5.75 Å². The molecule has 8 nitrogen and oxygen atoms in total. The van der Waals surface area contributed by atoms with Crippen LogP contribution in [0.3, 0.4) is 0 Å². The average Bonchev–Trinajstić information content (AvgIpc) is 2.76. The van der Waals surface area contributed by atoms with Crippen LogP contribution in [0, 0.1) is 0 Å². The second-order valence-electron chi connectivity index (χ2n) is 6.78. The van der Waals surface area contributed by atoms with Crippen LogP contribution in [0.25, 0.3) is 10.9 Å². The number of pyridine rings is 1. The number of nitrogens with zero attached hydrogens (tertiary/aromatic N) is 1. The molecule has 3 rings (SSSR count). The molecule has 0 spiro atoms. The smallest absolute Gasteiger partial charge is 0.264 e. The summed E-state index contributed by atoms with van der Waals surface area (Å²) in [7, 11) is -1.26. The lowest BCUT2D eigenvalue weighted by molar-refractivity contribution is 0.0952. The first-order valence-corrected chi connectivity index (χ1v) is 11.3. The number of methoxy groups -OCH3 is 1. The van der Waals surface area contributed by atoms with E-state index in [0.29, 0.717) is 22.8 Å². The molecule has 3 aromatic rings. The number of rotatable bonds is 7. The highest BCUT2D eigenvalue weighted by atomic mass is 35.5. The largest absolute Gasteiger partial charge is 0.495 e. The molecule has 0 fully saturated rings. The first-order valence-electron chi connectivity index (χ1n) is 9.46. The van der Waals surface area contributed by atoms with Gasteiger partial charge in [-0.2, -0.15) is 0 Å². The Bertz CT molecular complexity index is 1300. The van der Waals surface area contributed by atoms with Crippen LogP contribution < -0.4 is 19.8 Å². The van der Waals surface area contributed by atoms with Gasteiger partial charge in [-0.1, -0.05) is 18.5 Å². The molecule has 10 heteroatoms. The van der Waals surface area contributed by atoms with Crippen molar-refractivity contribution in [2.75, 3.05) is 25.0 Å². The van der Waals surface area contributed by atoms with Crippen LogP contribution in [0.4, 0.5) is 5.69 Å². The number of fused-ring (bicyclic) bond motifs is 1. The lowest BCUT2D eigenvalue weighted by atomic mass is 10.1. The number of hydrogen-bond acceptors (Lipinski definition) is 5. The number of amides is 1. The summed E-state index contributed by atoms with van der Waals surface area (Å²) >= 11 is 6.04. The molecule has 0 aliphatic rings. The number of hydrogen-bond donors (Lipinski definition) is 2. The van der Waals surface area contributed by atoms with Gasteiger partial charge in [0, 0.05) is 35.7 Å². The van der Waals surface area contributed by atoms with Crippen LogP contribution in [-0.4, -0.2) is 40.0 Å². The fourth-order valence-electron chi connectivity index (χ4n) is 3.06. The molecule has 164 valence electrons. The number of ether oxygens (including phenoxy) is 1. The van der Waals surface area contributed by atoms with Gasteiger partial charge in [0.1, 0.15) is 11.3 Å². The molecular weight excluding hydrogens is 442 g/mol. The van der Waals surface area contributed by atoms with Crippen molar-refractivity contribution in [2.45, 2.75) is 18.2 Å². The van der Waals surface area contributed by atoms with Crippen LogP contribution in [0.5, 0.6) is 5.75 Å². The van der Waals surface area contributed by atoms with Gasteiger partial charge in [0.15, 0.2) is 0 Å². The number of anilines is 1. The molecule has 1 aromatic heterocycles. The van der Waals surface area contributed by atoms with Gasteiger partial charge in [0.2, 0.25) is 5.43 Å². The molecule has 31 heavy (non-hydrogen) atoms. The zero-order valence-electron chi connectivity index (χ0n) is 17.2. The Morgan fingerprint density at radius 2 is 1.97 bits per heavy atom. The second-order valence-corrected chi connectivity index (χ2v) is 9.19. The zero-order chi connectivity index (χ0) is 22.8. The summed E-state index contributed by atoms with van der Waals surface area (Å²) in [5.74, 6) is -0.192. The van der Waals surface area contributed by atoms with E-state index in [4.69, 9.17) is 16.3 Å². The summed E-state index contributed by atoms with van der Waals surface area (Å²) in [6.45, 7) is 2.32. The Morgan fingerprint density at radius 3 is 2.65 bits per heavy atom. The van der Waals surface area contributed by atoms with Gasteiger partial charge in [-0.15, -0.1) is 0 Å². The minimum atomic E-state index is -4.06. The molecule has 0 bridgehead atoms. The van der Waals surface area contributed by atoms with E-state index in [0.717, 1.165) is 10.7 Å². The first kappa shape index (κ1) is 22.6. The van der Waals surface area contributed by atoms with E-state index in [-0.39, 0.29) is 21.5 Å². The predicted octanol–water partition coefficient (Wildman–Crippen LogP) is 3.16. The SMILES string of the molecule is CCCNC(=O)c1c[nH]c2ccc(S(=O)(=O)N(C)c3cc(Cl)ccc3OC)cc2c1=O. The maximum Gasteiger partial charge on any atom is 0.264 e. The second kappa shape index (κ2) is 8.99. The lowest BCUT2D eigenvalue weighted by Crippen LogP contribution is -2.30. The summed E-state index contributed by atoms with van der Waals surface area (Å²) < 4.78 is 32.8. The number of carbonyl (C=O) groups excluding carboxylic acids is 1. The van der Waals surface area contributed by atoms with Gasteiger partial charge in [0.05, 0.1) is 17.7 Å². The molecule has 0 saturated carbocycles. The Balaban J connectivity index is 2.10. The van der Waals surface area contributed by atoms with Gasteiger partial charge in [-0.05, 0) is 42.8 Å². The topological polar surface area (TPSA) is 109 Å². The number of carbonyl (C=O) groups is 1. The van der Waals surface area contributed by atoms with Crippen molar-refractivity contribution < 1.29 is 17.9 Å². The monoisotopic (exact) mass is 463 g/mol. The molecule has 0 atom stereocenters. The quantitative estimate of drug-likeness (QED) is 0.559. The van der Waals surface area contributed by atoms with E-state index >= 15 is 0 Å². The van der Waals surface area contributed by atoms with Crippen molar-refractivity contribution in [2.24, 2.45) is 0 Å². The van der Waals surface area contributed by atoms with Crippen LogP contribution >= 0.6 is 11.6 Å². The molecule has 0 aliphatic heterocycles. The molecule has 0 radical (unpaired) electrons. The molecule has 0 unspecified atom stereocenters. The Kier molecular flexibility index (Phi) is 6.56. The summed E-state index contributed by atoms with van der Waals surface area (Å²) in [4.78, 5) is 27.9. The first-order chi connectivity index (χ1) is 14.7. The van der Waals surface area contributed by atoms with Crippen LogP contribution in [-0.2, 0) is 10.0 Å². The Morgan fingerprint density at radius 1 is 1.23 bits per heavy atom. The van der Waals surface area contributed by atoms with Crippen molar-refractivity contribution in [1.82, 2.24) is 10.3 Å². The minimum Gasteiger partial charge on any atom is -0.495 e. The predicted molar refractivity (Wildman–Crippen MR) is 121 cm³/mol. The molecule has 1 heterocycles. The Labute approximate surface area is 184 Å². The minimum absolute atomic E-state index is 0.0830. The summed E-state index contributed by atoms with van der Waals surface area (Å²) in [6, 6.07) is 8.76. The highest BCUT2D eigenvalue weighted by molar-refractivity contribution is 7.92. The van der Waals surface area contributed by atoms with Gasteiger partial charge < -0.3 is 15.0 Å². The molecule has 2 N–H and O–H groups in total. The van der Waals surface area contributed by atoms with Crippen molar-refractivity contribution in [1.29, 1.82) is 0 Å². The maximum absolute atomic E-state index is 13.3. The highest BCUT2D eigenvalue weighted by Crippen LogP contribution is 2.34. The average molecular weight is 464 g/mol. The number of H-pyrrole nitrogens is 1. The van der Waals surface area contributed by atoms with E-state index < -0.39 is 21.4 Å². The molecule has 0 aliphatic carbocycles. The van der Waals surface area contributed by atoms with E-state index in [1.807, 2.05) is 6.92 Å². The van der Waals surface area contributed by atoms with Crippen molar-refractivity contribution in [3.05, 3.63) is 63.4 Å². The van der Waals surface area contributed by atoms with Gasteiger partial charge in [-0.3, -0.25) is 13.9 Å². The molecule has 1 amide bonds. The molecular formula is C21H22ClN3O5S. The van der Waals surface area contributed by atoms with E-state index in [2.05, 4.69) is 10.3 Å². The third-order valence-corrected chi connectivity index (χ3v) is 6.77.